The van der Waals surface area contributed by atoms with Gasteiger partial charge in [-0.3, -0.25) is 4.79 Å². The smallest absolute Gasteiger partial charge is 0.333 e. The molecule has 0 rings (SSSR count). The Hall–Kier alpha value is -1.10. The highest BCUT2D eigenvalue weighted by Crippen LogP contribution is 2.04. The van der Waals surface area contributed by atoms with E-state index in [4.69, 9.17) is 9.84 Å². The molecule has 76 valence electrons. The van der Waals surface area contributed by atoms with Gasteiger partial charge in [0.15, 0.2) is 6.10 Å². The Morgan fingerprint density at radius 2 is 1.92 bits per heavy atom. The third-order valence-corrected chi connectivity index (χ3v) is 1.29. The normalized spacial score (nSPS) is 12.6. The van der Waals surface area contributed by atoms with Crippen molar-refractivity contribution in [2.75, 3.05) is 7.11 Å². The standard InChI is InChI=1S/C8H14O5/c1-5(2)13-6(8(10)11)4-7(9)12-3/h5-6H,4H2,1-3H3,(H,10,11)/t6-/m1/s1. The largest absolute Gasteiger partial charge is 0.479 e. The Morgan fingerprint density at radius 3 is 2.23 bits per heavy atom. The van der Waals surface area contributed by atoms with Crippen LogP contribution in [0.15, 0.2) is 0 Å². The van der Waals surface area contributed by atoms with Crippen LogP contribution in [0.3, 0.4) is 0 Å². The van der Waals surface area contributed by atoms with Gasteiger partial charge in [-0.15, -0.1) is 0 Å². The summed E-state index contributed by atoms with van der Waals surface area (Å²) < 4.78 is 9.31. The SMILES string of the molecule is COC(=O)C[C@@H](OC(C)C)C(=O)O. The fourth-order valence-corrected chi connectivity index (χ4v) is 0.757. The Bertz CT molecular complexity index is 187. The average molecular weight is 190 g/mol. The van der Waals surface area contributed by atoms with Crippen molar-refractivity contribution in [1.82, 2.24) is 0 Å². The molecule has 0 aromatic heterocycles. The summed E-state index contributed by atoms with van der Waals surface area (Å²) in [4.78, 5) is 21.3. The van der Waals surface area contributed by atoms with Gasteiger partial charge in [0.1, 0.15) is 0 Å². The van der Waals surface area contributed by atoms with E-state index in [1.54, 1.807) is 13.8 Å². The Kier molecular flexibility index (Phi) is 5.06. The fraction of sp³-hybridized carbons (Fsp3) is 0.750. The van der Waals surface area contributed by atoms with Gasteiger partial charge in [0.25, 0.3) is 0 Å². The van der Waals surface area contributed by atoms with Crippen LogP contribution in [0.1, 0.15) is 20.3 Å². The molecule has 0 aliphatic carbocycles. The summed E-state index contributed by atoms with van der Waals surface area (Å²) in [6.45, 7) is 3.40. The second-order valence-corrected chi connectivity index (χ2v) is 2.79. The summed E-state index contributed by atoms with van der Waals surface area (Å²) in [6.07, 6.45) is -1.61. The summed E-state index contributed by atoms with van der Waals surface area (Å²) in [7, 11) is 1.20. The van der Waals surface area contributed by atoms with Gasteiger partial charge in [-0.2, -0.15) is 0 Å². The maximum absolute atomic E-state index is 10.7. The maximum atomic E-state index is 10.7. The summed E-state index contributed by atoms with van der Waals surface area (Å²) >= 11 is 0. The molecule has 0 radical (unpaired) electrons. The molecular weight excluding hydrogens is 176 g/mol. The molecule has 0 saturated carbocycles. The lowest BCUT2D eigenvalue weighted by molar-refractivity contribution is -0.160. The minimum absolute atomic E-state index is 0.231. The first-order valence-electron chi connectivity index (χ1n) is 3.92. The van der Waals surface area contributed by atoms with Gasteiger partial charge in [0.2, 0.25) is 0 Å². The first-order valence-corrected chi connectivity index (χ1v) is 3.92. The van der Waals surface area contributed by atoms with Crippen LogP contribution in [0.4, 0.5) is 0 Å². The monoisotopic (exact) mass is 190 g/mol. The van der Waals surface area contributed by atoms with Crippen molar-refractivity contribution >= 4 is 11.9 Å². The van der Waals surface area contributed by atoms with Crippen molar-refractivity contribution in [2.45, 2.75) is 32.5 Å². The van der Waals surface area contributed by atoms with Gasteiger partial charge in [-0.25, -0.2) is 4.79 Å². The summed E-state index contributed by atoms with van der Waals surface area (Å²) in [5.41, 5.74) is 0. The molecule has 5 nitrogen and oxygen atoms in total. The number of carboxylic acids is 1. The lowest BCUT2D eigenvalue weighted by Crippen LogP contribution is -2.29. The molecule has 0 aliphatic heterocycles. The zero-order valence-corrected chi connectivity index (χ0v) is 7.94. The lowest BCUT2D eigenvalue weighted by atomic mass is 10.2. The highest BCUT2D eigenvalue weighted by molar-refractivity contribution is 5.80. The summed E-state index contributed by atoms with van der Waals surface area (Å²) in [6, 6.07) is 0. The van der Waals surface area contributed by atoms with Crippen molar-refractivity contribution in [2.24, 2.45) is 0 Å². The minimum Gasteiger partial charge on any atom is -0.479 e. The number of hydrogen-bond acceptors (Lipinski definition) is 4. The number of carboxylic acid groups (broad SMARTS) is 1. The van der Waals surface area contributed by atoms with Gasteiger partial charge in [-0.05, 0) is 13.8 Å². The van der Waals surface area contributed by atoms with Gasteiger partial charge < -0.3 is 14.6 Å². The summed E-state index contributed by atoms with van der Waals surface area (Å²) in [5, 5.41) is 8.63. The van der Waals surface area contributed by atoms with Gasteiger partial charge in [0, 0.05) is 0 Å². The van der Waals surface area contributed by atoms with E-state index in [2.05, 4.69) is 4.74 Å². The van der Waals surface area contributed by atoms with Gasteiger partial charge in [-0.1, -0.05) is 0 Å². The van der Waals surface area contributed by atoms with Crippen LogP contribution in [-0.2, 0) is 19.1 Å². The van der Waals surface area contributed by atoms with E-state index in [1.807, 2.05) is 0 Å². The first kappa shape index (κ1) is 11.9. The molecule has 0 bridgehead atoms. The lowest BCUT2D eigenvalue weighted by Gasteiger charge is -2.14. The van der Waals surface area contributed by atoms with E-state index >= 15 is 0 Å². The molecule has 0 saturated heterocycles. The zero-order valence-electron chi connectivity index (χ0n) is 7.94. The van der Waals surface area contributed by atoms with Crippen molar-refractivity contribution in [3.05, 3.63) is 0 Å². The Balaban J connectivity index is 4.10. The Labute approximate surface area is 76.6 Å². The average Bonchev–Trinajstić information content (AvgIpc) is 2.02. The van der Waals surface area contributed by atoms with Crippen molar-refractivity contribution in [1.29, 1.82) is 0 Å². The number of carbonyl (C=O) groups is 2. The second kappa shape index (κ2) is 5.53. The molecule has 0 aromatic carbocycles. The molecule has 1 atom stereocenters. The van der Waals surface area contributed by atoms with Crippen LogP contribution in [0, 0.1) is 0 Å². The topological polar surface area (TPSA) is 72.8 Å². The van der Waals surface area contributed by atoms with E-state index < -0.39 is 18.0 Å². The first-order chi connectivity index (χ1) is 5.97. The molecule has 0 unspecified atom stereocenters. The molecule has 0 amide bonds. The molecule has 1 N–H and O–H groups in total. The second-order valence-electron chi connectivity index (χ2n) is 2.79. The van der Waals surface area contributed by atoms with E-state index in [9.17, 15) is 9.59 Å². The van der Waals surface area contributed by atoms with Crippen LogP contribution in [0.5, 0.6) is 0 Å². The molecular formula is C8H14O5. The quantitative estimate of drug-likeness (QED) is 0.636. The number of ether oxygens (including phenoxy) is 2. The van der Waals surface area contributed by atoms with E-state index in [1.165, 1.54) is 7.11 Å². The third-order valence-electron chi connectivity index (χ3n) is 1.29. The highest BCUT2D eigenvalue weighted by Gasteiger charge is 2.23. The van der Waals surface area contributed by atoms with E-state index in [-0.39, 0.29) is 12.5 Å². The predicted molar refractivity (Wildman–Crippen MR) is 44.3 cm³/mol. The van der Waals surface area contributed by atoms with Crippen molar-refractivity contribution < 1.29 is 24.2 Å². The maximum Gasteiger partial charge on any atom is 0.333 e. The van der Waals surface area contributed by atoms with Crippen LogP contribution in [-0.4, -0.2) is 36.4 Å². The molecule has 13 heavy (non-hydrogen) atoms. The predicted octanol–water partition coefficient (Wildman–Crippen LogP) is 0.428. The molecule has 5 heteroatoms. The fourth-order valence-electron chi connectivity index (χ4n) is 0.757. The van der Waals surface area contributed by atoms with Gasteiger partial charge in [0.05, 0.1) is 19.6 Å². The number of carbonyl (C=O) groups excluding carboxylic acids is 1. The molecule has 0 aliphatic rings. The van der Waals surface area contributed by atoms with E-state index in [0.29, 0.717) is 0 Å². The molecule has 0 spiro atoms. The van der Waals surface area contributed by atoms with Crippen molar-refractivity contribution in [3.8, 4) is 0 Å². The van der Waals surface area contributed by atoms with E-state index in [0.717, 1.165) is 0 Å². The number of methoxy groups -OCH3 is 1. The number of esters is 1. The molecule has 0 heterocycles. The van der Waals surface area contributed by atoms with Crippen LogP contribution in [0.2, 0.25) is 0 Å². The minimum atomic E-state index is -1.15. The Morgan fingerprint density at radius 1 is 1.38 bits per heavy atom. The highest BCUT2D eigenvalue weighted by atomic mass is 16.5. The third kappa shape index (κ3) is 5.19. The number of hydrogen-bond donors (Lipinski definition) is 1. The van der Waals surface area contributed by atoms with Crippen LogP contribution < -0.4 is 0 Å². The number of aliphatic carboxylic acids is 1. The van der Waals surface area contributed by atoms with Crippen LogP contribution in [0.25, 0.3) is 0 Å². The summed E-state index contributed by atoms with van der Waals surface area (Å²) in [5.74, 6) is -1.74. The molecule has 0 fully saturated rings. The number of rotatable bonds is 5. The van der Waals surface area contributed by atoms with Gasteiger partial charge >= 0.3 is 11.9 Å². The van der Waals surface area contributed by atoms with Crippen molar-refractivity contribution in [3.63, 3.8) is 0 Å². The van der Waals surface area contributed by atoms with Crippen LogP contribution >= 0.6 is 0 Å². The molecule has 0 aromatic rings. The zero-order chi connectivity index (χ0) is 10.4.